The number of carbonyl (C=O) groups is 1. The number of halogens is 1. The van der Waals surface area contributed by atoms with Crippen LogP contribution in [0.15, 0.2) is 48.5 Å². The molecule has 1 fully saturated rings. The summed E-state index contributed by atoms with van der Waals surface area (Å²) in [5, 5.41) is 4.05. The lowest BCUT2D eigenvalue weighted by Gasteiger charge is -2.32. The van der Waals surface area contributed by atoms with Gasteiger partial charge in [-0.3, -0.25) is 4.79 Å². The minimum atomic E-state index is 0.0558. The molecule has 5 heteroatoms. The Morgan fingerprint density at radius 2 is 2.08 bits per heavy atom. The number of carbonyl (C=O) groups excluding carboxylic acids is 1. The fourth-order valence-electron chi connectivity index (χ4n) is 2.77. The van der Waals surface area contributed by atoms with Crippen LogP contribution in [0.1, 0.15) is 22.8 Å². The summed E-state index contributed by atoms with van der Waals surface area (Å²) in [5.41, 5.74) is 1.70. The number of amides is 1. The number of hydrogen-bond donors (Lipinski definition) is 1. The van der Waals surface area contributed by atoms with Crippen molar-refractivity contribution in [1.29, 1.82) is 0 Å². The predicted molar refractivity (Wildman–Crippen MR) is 95.6 cm³/mol. The summed E-state index contributed by atoms with van der Waals surface area (Å²) in [6.07, 6.45) is 0. The zero-order valence-corrected chi connectivity index (χ0v) is 14.4. The Morgan fingerprint density at radius 3 is 2.83 bits per heavy atom. The van der Waals surface area contributed by atoms with Crippen LogP contribution in [0.4, 0.5) is 0 Å². The lowest BCUT2D eigenvalue weighted by Crippen LogP contribution is -2.51. The number of nitrogens with zero attached hydrogens (tertiary/aromatic N) is 1. The topological polar surface area (TPSA) is 41.6 Å². The summed E-state index contributed by atoms with van der Waals surface area (Å²) < 4.78 is 5.81. The van der Waals surface area contributed by atoms with E-state index >= 15 is 0 Å². The van der Waals surface area contributed by atoms with Gasteiger partial charge in [0.1, 0.15) is 12.4 Å². The highest BCUT2D eigenvalue weighted by Gasteiger charge is 2.21. The lowest BCUT2D eigenvalue weighted by molar-refractivity contribution is 0.0708. The van der Waals surface area contributed by atoms with Crippen LogP contribution in [0.3, 0.4) is 0 Å². The molecule has 1 aliphatic rings. The van der Waals surface area contributed by atoms with Gasteiger partial charge in [0.05, 0.1) is 0 Å². The molecule has 4 nitrogen and oxygen atoms in total. The van der Waals surface area contributed by atoms with Crippen LogP contribution in [-0.2, 0) is 6.61 Å². The summed E-state index contributed by atoms with van der Waals surface area (Å²) in [4.78, 5) is 14.5. The van der Waals surface area contributed by atoms with Crippen LogP contribution < -0.4 is 10.1 Å². The van der Waals surface area contributed by atoms with Crippen molar-refractivity contribution < 1.29 is 9.53 Å². The third kappa shape index (κ3) is 4.28. The van der Waals surface area contributed by atoms with Crippen molar-refractivity contribution >= 4 is 17.5 Å². The first kappa shape index (κ1) is 16.8. The summed E-state index contributed by atoms with van der Waals surface area (Å²) in [7, 11) is 0. The molecular formula is C19H21ClN2O2. The van der Waals surface area contributed by atoms with E-state index < -0.39 is 0 Å². The van der Waals surface area contributed by atoms with Gasteiger partial charge in [-0.15, -0.1) is 0 Å². The van der Waals surface area contributed by atoms with Crippen molar-refractivity contribution in [3.05, 3.63) is 64.7 Å². The molecule has 24 heavy (non-hydrogen) atoms. The molecule has 1 unspecified atom stereocenters. The Bertz CT molecular complexity index is 703. The zero-order chi connectivity index (χ0) is 16.9. The second kappa shape index (κ2) is 7.69. The van der Waals surface area contributed by atoms with Gasteiger partial charge in [-0.2, -0.15) is 0 Å². The summed E-state index contributed by atoms with van der Waals surface area (Å²) in [6, 6.07) is 15.2. The third-order valence-electron chi connectivity index (χ3n) is 4.06. The van der Waals surface area contributed by atoms with Crippen LogP contribution in [0.5, 0.6) is 5.75 Å². The van der Waals surface area contributed by atoms with Crippen LogP contribution in [0, 0.1) is 0 Å². The molecule has 0 bridgehead atoms. The van der Waals surface area contributed by atoms with E-state index in [2.05, 4.69) is 12.2 Å². The maximum Gasteiger partial charge on any atom is 0.254 e. The maximum atomic E-state index is 12.6. The minimum absolute atomic E-state index is 0.0558. The average molecular weight is 345 g/mol. The highest BCUT2D eigenvalue weighted by Crippen LogP contribution is 2.18. The van der Waals surface area contributed by atoms with E-state index in [1.54, 1.807) is 0 Å². The molecule has 2 aromatic rings. The Morgan fingerprint density at radius 1 is 1.29 bits per heavy atom. The molecule has 1 heterocycles. The Kier molecular flexibility index (Phi) is 5.38. The molecule has 0 saturated carbocycles. The molecule has 1 aliphatic heterocycles. The molecule has 0 aliphatic carbocycles. The van der Waals surface area contributed by atoms with Gasteiger partial charge < -0.3 is 15.0 Å². The van der Waals surface area contributed by atoms with Gasteiger partial charge in [0.25, 0.3) is 5.91 Å². The van der Waals surface area contributed by atoms with E-state index in [9.17, 15) is 4.79 Å². The van der Waals surface area contributed by atoms with Crippen molar-refractivity contribution in [2.24, 2.45) is 0 Å². The first-order valence-corrected chi connectivity index (χ1v) is 8.49. The van der Waals surface area contributed by atoms with Crippen LogP contribution in [-0.4, -0.2) is 36.5 Å². The van der Waals surface area contributed by atoms with E-state index in [0.717, 1.165) is 25.2 Å². The third-order valence-corrected chi connectivity index (χ3v) is 4.31. The summed E-state index contributed by atoms with van der Waals surface area (Å²) >= 11 is 5.88. The maximum absolute atomic E-state index is 12.6. The monoisotopic (exact) mass is 344 g/mol. The second-order valence-corrected chi connectivity index (χ2v) is 6.49. The number of rotatable bonds is 4. The quantitative estimate of drug-likeness (QED) is 0.924. The molecule has 2 aromatic carbocycles. The van der Waals surface area contributed by atoms with E-state index in [0.29, 0.717) is 29.0 Å². The number of benzene rings is 2. The number of hydrogen-bond acceptors (Lipinski definition) is 3. The van der Waals surface area contributed by atoms with Crippen LogP contribution in [0.2, 0.25) is 5.02 Å². The predicted octanol–water partition coefficient (Wildman–Crippen LogP) is 3.35. The molecule has 0 aromatic heterocycles. The Labute approximate surface area is 147 Å². The molecule has 3 rings (SSSR count). The molecule has 1 amide bonds. The van der Waals surface area contributed by atoms with Gasteiger partial charge in [0.2, 0.25) is 0 Å². The van der Waals surface area contributed by atoms with Crippen molar-refractivity contribution in [2.75, 3.05) is 19.6 Å². The van der Waals surface area contributed by atoms with Gasteiger partial charge >= 0.3 is 0 Å². The summed E-state index contributed by atoms with van der Waals surface area (Å²) in [6.45, 7) is 4.83. The highest BCUT2D eigenvalue weighted by molar-refractivity contribution is 6.30. The number of nitrogens with one attached hydrogen (secondary N) is 1. The number of piperazine rings is 1. The van der Waals surface area contributed by atoms with Crippen molar-refractivity contribution in [2.45, 2.75) is 19.6 Å². The fraction of sp³-hybridized carbons (Fsp3) is 0.316. The first-order chi connectivity index (χ1) is 11.6. The van der Waals surface area contributed by atoms with E-state index in [-0.39, 0.29) is 5.91 Å². The molecule has 1 saturated heterocycles. The Hall–Kier alpha value is -2.04. The minimum Gasteiger partial charge on any atom is -0.489 e. The largest absolute Gasteiger partial charge is 0.489 e. The van der Waals surface area contributed by atoms with Crippen LogP contribution >= 0.6 is 11.6 Å². The molecule has 1 N–H and O–H groups in total. The van der Waals surface area contributed by atoms with Crippen molar-refractivity contribution in [1.82, 2.24) is 10.2 Å². The molecule has 126 valence electrons. The van der Waals surface area contributed by atoms with E-state index in [4.69, 9.17) is 16.3 Å². The van der Waals surface area contributed by atoms with Gasteiger partial charge in [-0.1, -0.05) is 29.8 Å². The first-order valence-electron chi connectivity index (χ1n) is 8.12. The molecule has 1 atom stereocenters. The Balaban J connectivity index is 1.65. The lowest BCUT2D eigenvalue weighted by atomic mass is 10.1. The molecule has 0 radical (unpaired) electrons. The van der Waals surface area contributed by atoms with Crippen molar-refractivity contribution in [3.8, 4) is 5.75 Å². The van der Waals surface area contributed by atoms with E-state index in [1.165, 1.54) is 0 Å². The van der Waals surface area contributed by atoms with Crippen LogP contribution in [0.25, 0.3) is 0 Å². The SMILES string of the molecule is CC1CN(C(=O)c2cccc(OCc3ccc(Cl)cc3)c2)CCN1. The van der Waals surface area contributed by atoms with E-state index in [1.807, 2.05) is 53.4 Å². The fourth-order valence-corrected chi connectivity index (χ4v) is 2.89. The standard InChI is InChI=1S/C19H21ClN2O2/c1-14-12-22(10-9-21-14)19(23)16-3-2-4-18(11-16)24-13-15-5-7-17(20)8-6-15/h2-8,11,14,21H,9-10,12-13H2,1H3. The zero-order valence-electron chi connectivity index (χ0n) is 13.7. The smallest absolute Gasteiger partial charge is 0.254 e. The van der Waals surface area contributed by atoms with Gasteiger partial charge in [-0.25, -0.2) is 0 Å². The molecule has 0 spiro atoms. The average Bonchev–Trinajstić information content (AvgIpc) is 2.61. The number of ether oxygens (including phenoxy) is 1. The summed E-state index contributed by atoms with van der Waals surface area (Å²) in [5.74, 6) is 0.749. The van der Waals surface area contributed by atoms with Crippen molar-refractivity contribution in [3.63, 3.8) is 0 Å². The second-order valence-electron chi connectivity index (χ2n) is 6.05. The normalized spacial score (nSPS) is 17.6. The van der Waals surface area contributed by atoms with Gasteiger partial charge in [0, 0.05) is 36.3 Å². The highest BCUT2D eigenvalue weighted by atomic mass is 35.5. The van der Waals surface area contributed by atoms with Gasteiger partial charge in [0.15, 0.2) is 0 Å². The van der Waals surface area contributed by atoms with Gasteiger partial charge in [-0.05, 0) is 42.8 Å². The molecular weight excluding hydrogens is 324 g/mol.